The normalized spacial score (nSPS) is 13.7. The first-order valence-corrected chi connectivity index (χ1v) is 8.61. The average molecular weight is 314 g/mol. The molecule has 6 nitrogen and oxygen atoms in total. The van der Waals surface area contributed by atoms with Gasteiger partial charge in [-0.25, -0.2) is 18.1 Å². The van der Waals surface area contributed by atoms with Crippen LogP contribution >= 0.6 is 0 Å². The second-order valence-electron chi connectivity index (χ2n) is 5.64. The highest BCUT2D eigenvalue weighted by Gasteiger charge is 2.23. The Kier molecular flexibility index (Phi) is 6.57. The van der Waals surface area contributed by atoms with Gasteiger partial charge < -0.3 is 10.2 Å². The molecular formula is C14H26N4O2S. The lowest BCUT2D eigenvalue weighted by atomic mass is 10.1. The third-order valence-electron chi connectivity index (χ3n) is 3.08. The second kappa shape index (κ2) is 7.72. The maximum Gasteiger partial charge on any atom is 0.242 e. The third-order valence-corrected chi connectivity index (χ3v) is 4.55. The minimum atomic E-state index is -3.55. The van der Waals surface area contributed by atoms with Crippen LogP contribution < -0.4 is 10.0 Å². The first-order chi connectivity index (χ1) is 9.76. The lowest BCUT2D eigenvalue weighted by molar-refractivity contribution is 0.314. The number of rotatable bonds is 8. The number of anilines is 1. The zero-order valence-corrected chi connectivity index (χ0v) is 14.2. The fourth-order valence-electron chi connectivity index (χ4n) is 1.87. The first kappa shape index (κ1) is 17.9. The Hall–Kier alpha value is -1.18. The molecule has 120 valence electrons. The number of likely N-dealkylation sites (N-methyl/N-ethyl adjacent to an activating group) is 1. The highest BCUT2D eigenvalue weighted by molar-refractivity contribution is 7.89. The summed E-state index contributed by atoms with van der Waals surface area (Å²) in [6, 6.07) is 3.10. The fraction of sp³-hybridized carbons (Fsp3) is 0.643. The Bertz CT molecular complexity index is 526. The van der Waals surface area contributed by atoms with Crippen molar-refractivity contribution in [3.05, 3.63) is 18.3 Å². The molecule has 0 saturated heterocycles. The van der Waals surface area contributed by atoms with E-state index in [2.05, 4.69) is 15.0 Å². The summed E-state index contributed by atoms with van der Waals surface area (Å²) >= 11 is 0. The van der Waals surface area contributed by atoms with E-state index in [1.807, 2.05) is 39.8 Å². The molecule has 7 heteroatoms. The van der Waals surface area contributed by atoms with Gasteiger partial charge in [-0.15, -0.1) is 0 Å². The molecule has 0 aliphatic heterocycles. The van der Waals surface area contributed by atoms with Crippen LogP contribution in [0.3, 0.4) is 0 Å². The predicted octanol–water partition coefficient (Wildman–Crippen LogP) is 1.38. The van der Waals surface area contributed by atoms with Crippen LogP contribution in [0.25, 0.3) is 0 Å². The van der Waals surface area contributed by atoms with E-state index in [4.69, 9.17) is 0 Å². The van der Waals surface area contributed by atoms with E-state index < -0.39 is 10.0 Å². The predicted molar refractivity (Wildman–Crippen MR) is 85.9 cm³/mol. The first-order valence-electron chi connectivity index (χ1n) is 7.13. The van der Waals surface area contributed by atoms with Gasteiger partial charge in [-0.05, 0) is 39.1 Å². The van der Waals surface area contributed by atoms with Crippen LogP contribution in [-0.2, 0) is 10.0 Å². The van der Waals surface area contributed by atoms with Crippen molar-refractivity contribution in [3.63, 3.8) is 0 Å². The molecule has 0 bridgehead atoms. The SMILES string of the molecule is CCNc1ccc(S(=O)(=O)NC(CN(C)C)C(C)C)cn1. The lowest BCUT2D eigenvalue weighted by Crippen LogP contribution is -2.44. The van der Waals surface area contributed by atoms with E-state index in [0.717, 1.165) is 6.54 Å². The summed E-state index contributed by atoms with van der Waals surface area (Å²) in [4.78, 5) is 6.27. The molecule has 1 atom stereocenters. The summed E-state index contributed by atoms with van der Waals surface area (Å²) < 4.78 is 27.6. The minimum absolute atomic E-state index is 0.140. The van der Waals surface area contributed by atoms with E-state index in [-0.39, 0.29) is 16.9 Å². The van der Waals surface area contributed by atoms with Crippen molar-refractivity contribution >= 4 is 15.8 Å². The van der Waals surface area contributed by atoms with Crippen molar-refractivity contribution in [2.24, 2.45) is 5.92 Å². The van der Waals surface area contributed by atoms with Crippen molar-refractivity contribution in [1.29, 1.82) is 0 Å². The number of sulfonamides is 1. The van der Waals surface area contributed by atoms with Gasteiger partial charge in [0.05, 0.1) is 0 Å². The van der Waals surface area contributed by atoms with Crippen LogP contribution in [0, 0.1) is 5.92 Å². The van der Waals surface area contributed by atoms with E-state index in [1.165, 1.54) is 6.20 Å². The molecule has 1 heterocycles. The lowest BCUT2D eigenvalue weighted by Gasteiger charge is -2.25. The highest BCUT2D eigenvalue weighted by atomic mass is 32.2. The summed E-state index contributed by atoms with van der Waals surface area (Å²) in [5.74, 6) is 0.876. The van der Waals surface area contributed by atoms with E-state index in [0.29, 0.717) is 12.4 Å². The molecule has 0 aliphatic carbocycles. The van der Waals surface area contributed by atoms with Gasteiger partial charge in [-0.2, -0.15) is 0 Å². The molecule has 0 aromatic carbocycles. The van der Waals surface area contributed by atoms with Gasteiger partial charge in [0.1, 0.15) is 10.7 Å². The second-order valence-corrected chi connectivity index (χ2v) is 7.36. The quantitative estimate of drug-likeness (QED) is 0.758. The average Bonchev–Trinajstić information content (AvgIpc) is 2.38. The molecule has 21 heavy (non-hydrogen) atoms. The molecule has 1 aromatic rings. The minimum Gasteiger partial charge on any atom is -0.370 e. The summed E-state index contributed by atoms with van der Waals surface area (Å²) in [5, 5.41) is 3.04. The van der Waals surface area contributed by atoms with E-state index in [1.54, 1.807) is 12.1 Å². The fourth-order valence-corrected chi connectivity index (χ4v) is 3.19. The van der Waals surface area contributed by atoms with E-state index in [9.17, 15) is 8.42 Å². The molecular weight excluding hydrogens is 288 g/mol. The van der Waals surface area contributed by atoms with Crippen LogP contribution in [-0.4, -0.2) is 51.5 Å². The number of pyridine rings is 1. The Balaban J connectivity index is 2.88. The number of aromatic nitrogens is 1. The van der Waals surface area contributed by atoms with Gasteiger partial charge >= 0.3 is 0 Å². The van der Waals surface area contributed by atoms with Gasteiger partial charge in [0.2, 0.25) is 10.0 Å². The van der Waals surface area contributed by atoms with Gasteiger partial charge in [-0.1, -0.05) is 13.8 Å². The zero-order chi connectivity index (χ0) is 16.0. The summed E-state index contributed by atoms with van der Waals surface area (Å²) in [5.41, 5.74) is 0. The van der Waals surface area contributed by atoms with Crippen molar-refractivity contribution < 1.29 is 8.42 Å². The standard InChI is InChI=1S/C14H26N4O2S/c1-6-15-14-8-7-12(9-16-14)21(19,20)17-13(11(2)3)10-18(4)5/h7-9,11,13,17H,6,10H2,1-5H3,(H,15,16). The van der Waals surface area contributed by atoms with Crippen LogP contribution in [0.1, 0.15) is 20.8 Å². The molecule has 0 aliphatic rings. The maximum atomic E-state index is 12.4. The largest absolute Gasteiger partial charge is 0.370 e. The van der Waals surface area contributed by atoms with Crippen LogP contribution in [0.15, 0.2) is 23.2 Å². The monoisotopic (exact) mass is 314 g/mol. The molecule has 1 unspecified atom stereocenters. The number of hydrogen-bond donors (Lipinski definition) is 2. The molecule has 1 rings (SSSR count). The molecule has 0 saturated carbocycles. The highest BCUT2D eigenvalue weighted by Crippen LogP contribution is 2.13. The maximum absolute atomic E-state index is 12.4. The smallest absolute Gasteiger partial charge is 0.242 e. The number of nitrogens with one attached hydrogen (secondary N) is 2. The number of nitrogens with zero attached hydrogens (tertiary/aromatic N) is 2. The van der Waals surface area contributed by atoms with Gasteiger partial charge in [-0.3, -0.25) is 0 Å². The zero-order valence-electron chi connectivity index (χ0n) is 13.4. The Morgan fingerprint density at radius 3 is 2.38 bits per heavy atom. The summed E-state index contributed by atoms with van der Waals surface area (Å²) in [6.07, 6.45) is 1.38. The topological polar surface area (TPSA) is 74.3 Å². The van der Waals surface area contributed by atoms with Crippen molar-refractivity contribution in [3.8, 4) is 0 Å². The third kappa shape index (κ3) is 5.61. The molecule has 0 amide bonds. The van der Waals surface area contributed by atoms with Crippen LogP contribution in [0.2, 0.25) is 0 Å². The Morgan fingerprint density at radius 1 is 1.29 bits per heavy atom. The van der Waals surface area contributed by atoms with Gasteiger partial charge in [0.25, 0.3) is 0 Å². The molecule has 0 fully saturated rings. The van der Waals surface area contributed by atoms with Crippen LogP contribution in [0.5, 0.6) is 0 Å². The Labute approximate surface area is 128 Å². The molecule has 0 radical (unpaired) electrons. The summed E-state index contributed by atoms with van der Waals surface area (Å²) in [6.45, 7) is 7.37. The van der Waals surface area contributed by atoms with Gasteiger partial charge in [0, 0.05) is 25.3 Å². The number of hydrogen-bond acceptors (Lipinski definition) is 5. The van der Waals surface area contributed by atoms with Crippen molar-refractivity contribution in [2.75, 3.05) is 32.5 Å². The molecule has 1 aromatic heterocycles. The van der Waals surface area contributed by atoms with Crippen molar-refractivity contribution in [1.82, 2.24) is 14.6 Å². The van der Waals surface area contributed by atoms with Crippen LogP contribution in [0.4, 0.5) is 5.82 Å². The Morgan fingerprint density at radius 2 is 1.95 bits per heavy atom. The summed E-state index contributed by atoms with van der Waals surface area (Å²) in [7, 11) is 0.305. The van der Waals surface area contributed by atoms with E-state index >= 15 is 0 Å². The molecule has 2 N–H and O–H groups in total. The molecule has 0 spiro atoms. The van der Waals surface area contributed by atoms with Gasteiger partial charge in [0.15, 0.2) is 0 Å². The van der Waals surface area contributed by atoms with Crippen molar-refractivity contribution in [2.45, 2.75) is 31.7 Å².